The lowest BCUT2D eigenvalue weighted by atomic mass is 9.88. The summed E-state index contributed by atoms with van der Waals surface area (Å²) >= 11 is 0. The van der Waals surface area contributed by atoms with Crippen molar-refractivity contribution in [3.63, 3.8) is 0 Å². The molecule has 8 nitrogen and oxygen atoms in total. The Morgan fingerprint density at radius 2 is 1.35 bits per heavy atom. The summed E-state index contributed by atoms with van der Waals surface area (Å²) in [5.41, 5.74) is 2.06. The van der Waals surface area contributed by atoms with Crippen molar-refractivity contribution in [1.82, 2.24) is 14.8 Å². The van der Waals surface area contributed by atoms with Crippen molar-refractivity contribution in [2.45, 2.75) is 53.4 Å². The molecule has 0 aliphatic heterocycles. The second kappa shape index (κ2) is 12.8. The molecule has 0 radical (unpaired) electrons. The highest BCUT2D eigenvalue weighted by Gasteiger charge is 2.21. The average molecular weight is 510 g/mol. The quantitative estimate of drug-likeness (QED) is 0.272. The minimum absolute atomic E-state index is 0.0436. The van der Waals surface area contributed by atoms with Gasteiger partial charge in [-0.25, -0.2) is 9.59 Å². The van der Waals surface area contributed by atoms with E-state index in [0.717, 1.165) is 68.6 Å². The monoisotopic (exact) mass is 509 g/mol. The number of hydrogen-bond donors (Lipinski definition) is 3. The molecule has 2 aromatic carbocycles. The number of benzene rings is 2. The van der Waals surface area contributed by atoms with Gasteiger partial charge in [-0.3, -0.25) is 4.79 Å². The zero-order valence-corrected chi connectivity index (χ0v) is 22.4. The van der Waals surface area contributed by atoms with Gasteiger partial charge in [0.15, 0.2) is 0 Å². The normalized spacial score (nSPS) is 11.7. The Hall–Kier alpha value is -3.23. The van der Waals surface area contributed by atoms with Crippen molar-refractivity contribution in [3.8, 4) is 0 Å². The molecule has 0 unspecified atom stereocenters. The minimum Gasteiger partial charge on any atom is -0.478 e. The molecule has 0 saturated carbocycles. The molecule has 3 N–H and O–H groups in total. The van der Waals surface area contributed by atoms with Crippen LogP contribution in [0.3, 0.4) is 0 Å². The lowest BCUT2D eigenvalue weighted by Crippen LogP contribution is -2.25. The predicted molar refractivity (Wildman–Crippen MR) is 148 cm³/mol. The highest BCUT2D eigenvalue weighted by molar-refractivity contribution is 6.11. The Morgan fingerprint density at radius 1 is 0.784 bits per heavy atom. The number of carboxylic acids is 2. The zero-order valence-electron chi connectivity index (χ0n) is 22.4. The van der Waals surface area contributed by atoms with Crippen LogP contribution >= 0.6 is 0 Å². The highest BCUT2D eigenvalue weighted by Crippen LogP contribution is 2.32. The molecule has 3 rings (SSSR count). The van der Waals surface area contributed by atoms with Crippen molar-refractivity contribution < 1.29 is 19.8 Å². The third-order valence-corrected chi connectivity index (χ3v) is 7.40. The molecule has 1 heterocycles. The molecule has 0 amide bonds. The molecular formula is C29H39N3O5. The molecule has 0 aliphatic carbocycles. The van der Waals surface area contributed by atoms with Crippen LogP contribution in [-0.2, 0) is 12.8 Å². The van der Waals surface area contributed by atoms with Crippen molar-refractivity contribution in [2.24, 2.45) is 0 Å². The van der Waals surface area contributed by atoms with Crippen LogP contribution in [0.5, 0.6) is 0 Å². The van der Waals surface area contributed by atoms with Crippen LogP contribution in [0, 0.1) is 0 Å². The van der Waals surface area contributed by atoms with E-state index in [1.807, 2.05) is 0 Å². The van der Waals surface area contributed by atoms with E-state index < -0.39 is 17.5 Å². The maximum Gasteiger partial charge on any atom is 0.336 e. The molecule has 8 heteroatoms. The van der Waals surface area contributed by atoms with Crippen LogP contribution in [-0.4, -0.2) is 76.2 Å². The summed E-state index contributed by atoms with van der Waals surface area (Å²) in [5, 5.41) is 21.4. The van der Waals surface area contributed by atoms with Gasteiger partial charge in [-0.2, -0.15) is 0 Å². The largest absolute Gasteiger partial charge is 0.478 e. The molecule has 1 aromatic heterocycles. The van der Waals surface area contributed by atoms with Crippen molar-refractivity contribution in [2.75, 3.05) is 39.3 Å². The molecule has 3 aromatic rings. The summed E-state index contributed by atoms with van der Waals surface area (Å²) in [6.45, 7) is 14.0. The topological polar surface area (TPSA) is 114 Å². The summed E-state index contributed by atoms with van der Waals surface area (Å²) in [4.78, 5) is 44.4. The van der Waals surface area contributed by atoms with E-state index in [0.29, 0.717) is 29.1 Å². The van der Waals surface area contributed by atoms with E-state index in [-0.39, 0.29) is 11.1 Å². The molecule has 37 heavy (non-hydrogen) atoms. The number of nitrogens with one attached hydrogen (secondary N) is 1. The lowest BCUT2D eigenvalue weighted by molar-refractivity contribution is 0.0685. The molecule has 0 spiro atoms. The van der Waals surface area contributed by atoms with Crippen LogP contribution in [0.4, 0.5) is 0 Å². The standard InChI is InChI=1S/C29H39N3O5/c1-5-31(6-2)15-9-11-20-21(12-10-16-32(7-3)8-4)26-22-14-13-19(28(34)35)17-23(22)27(33)30-25(26)18-24(20)29(36)37/h13-14,17-18H,5-12,15-16H2,1-4H3,(H,30,33)(H,34,35)(H,36,37). The second-order valence-electron chi connectivity index (χ2n) is 9.39. The Bertz CT molecular complexity index is 1320. The van der Waals surface area contributed by atoms with Crippen molar-refractivity contribution >= 4 is 33.6 Å². The fraction of sp³-hybridized carbons (Fsp3) is 0.483. The Labute approximate surface area is 217 Å². The molecule has 200 valence electrons. The van der Waals surface area contributed by atoms with Gasteiger partial charge >= 0.3 is 11.9 Å². The summed E-state index contributed by atoms with van der Waals surface area (Å²) < 4.78 is 0. The maximum absolute atomic E-state index is 12.9. The number of nitrogens with zero attached hydrogens (tertiary/aromatic N) is 2. The molecule has 0 bridgehead atoms. The van der Waals surface area contributed by atoms with Crippen molar-refractivity contribution in [3.05, 3.63) is 56.9 Å². The first-order valence-corrected chi connectivity index (χ1v) is 13.3. The number of aryl methyl sites for hydroxylation is 1. The fourth-order valence-electron chi connectivity index (χ4n) is 5.25. The SMILES string of the molecule is CCN(CC)CCCc1c(C(=O)O)cc2[nH]c(=O)c3cc(C(=O)O)ccc3c2c1CCCN(CC)CC. The van der Waals surface area contributed by atoms with E-state index >= 15 is 0 Å². The van der Waals surface area contributed by atoms with E-state index in [2.05, 4.69) is 42.5 Å². The number of aromatic carboxylic acids is 2. The number of hydrogen-bond acceptors (Lipinski definition) is 5. The Morgan fingerprint density at radius 3 is 1.86 bits per heavy atom. The van der Waals surface area contributed by atoms with E-state index in [9.17, 15) is 24.6 Å². The zero-order chi connectivity index (χ0) is 27.1. The number of fused-ring (bicyclic) bond motifs is 3. The number of aromatic amines is 1. The summed E-state index contributed by atoms with van der Waals surface area (Å²) in [6, 6.07) is 6.17. The van der Waals surface area contributed by atoms with Gasteiger partial charge < -0.3 is 25.0 Å². The van der Waals surface area contributed by atoms with E-state index in [4.69, 9.17) is 0 Å². The highest BCUT2D eigenvalue weighted by atomic mass is 16.4. The first kappa shape index (κ1) is 28.3. The predicted octanol–water partition coefficient (Wildman–Crippen LogP) is 4.63. The fourth-order valence-corrected chi connectivity index (χ4v) is 5.25. The first-order chi connectivity index (χ1) is 17.7. The van der Waals surface area contributed by atoms with Gasteiger partial charge in [-0.05, 0) is 99.7 Å². The van der Waals surface area contributed by atoms with Crippen LogP contribution in [0.1, 0.15) is 72.4 Å². The third kappa shape index (κ3) is 6.37. The molecule has 0 saturated heterocycles. The lowest BCUT2D eigenvalue weighted by Gasteiger charge is -2.22. The van der Waals surface area contributed by atoms with Gasteiger partial charge in [0.2, 0.25) is 0 Å². The van der Waals surface area contributed by atoms with Crippen LogP contribution in [0.15, 0.2) is 29.1 Å². The molecule has 0 atom stereocenters. The molecule has 0 fully saturated rings. The summed E-state index contributed by atoms with van der Waals surface area (Å²) in [5.74, 6) is -2.11. The number of aromatic nitrogens is 1. The van der Waals surface area contributed by atoms with E-state index in [1.54, 1.807) is 12.1 Å². The van der Waals surface area contributed by atoms with E-state index in [1.165, 1.54) is 12.1 Å². The average Bonchev–Trinajstić information content (AvgIpc) is 2.89. The van der Waals surface area contributed by atoms with Gasteiger partial charge in [0.25, 0.3) is 5.56 Å². The third-order valence-electron chi connectivity index (χ3n) is 7.40. The number of H-pyrrole nitrogens is 1. The van der Waals surface area contributed by atoms with Gasteiger partial charge in [-0.1, -0.05) is 33.8 Å². The van der Waals surface area contributed by atoms with Crippen LogP contribution in [0.2, 0.25) is 0 Å². The summed E-state index contributed by atoms with van der Waals surface area (Å²) in [7, 11) is 0. The number of carbonyl (C=O) groups is 2. The number of rotatable bonds is 14. The Kier molecular flexibility index (Phi) is 9.83. The number of carboxylic acid groups (broad SMARTS) is 2. The number of pyridine rings is 1. The van der Waals surface area contributed by atoms with Crippen molar-refractivity contribution in [1.29, 1.82) is 0 Å². The molecule has 0 aliphatic rings. The summed E-state index contributed by atoms with van der Waals surface area (Å²) in [6.07, 6.45) is 2.94. The van der Waals surface area contributed by atoms with Crippen LogP contribution < -0.4 is 5.56 Å². The second-order valence-corrected chi connectivity index (χ2v) is 9.39. The van der Waals surface area contributed by atoms with Gasteiger partial charge in [-0.15, -0.1) is 0 Å². The first-order valence-electron chi connectivity index (χ1n) is 13.3. The smallest absolute Gasteiger partial charge is 0.336 e. The van der Waals surface area contributed by atoms with Gasteiger partial charge in [0.05, 0.1) is 16.6 Å². The Balaban J connectivity index is 2.24. The molecular weight excluding hydrogens is 470 g/mol. The maximum atomic E-state index is 12.9. The minimum atomic E-state index is -1.10. The van der Waals surface area contributed by atoms with Crippen LogP contribution in [0.25, 0.3) is 21.7 Å². The van der Waals surface area contributed by atoms with Gasteiger partial charge in [0.1, 0.15) is 0 Å². The van der Waals surface area contributed by atoms with Gasteiger partial charge in [0, 0.05) is 10.8 Å².